The lowest BCUT2D eigenvalue weighted by atomic mass is 9.87. The molecule has 1 aliphatic rings. The second-order valence-corrected chi connectivity index (χ2v) is 5.83. The molecular formula is C13H27NO. The topological polar surface area (TPSA) is 21.3 Å². The zero-order chi connectivity index (χ0) is 11.6. The van der Waals surface area contributed by atoms with Crippen molar-refractivity contribution in [3.63, 3.8) is 0 Å². The van der Waals surface area contributed by atoms with Crippen LogP contribution in [-0.4, -0.2) is 24.8 Å². The zero-order valence-electron chi connectivity index (χ0n) is 11.1. The molecule has 2 heteroatoms. The van der Waals surface area contributed by atoms with Crippen LogP contribution in [0, 0.1) is 17.8 Å². The number of nitrogens with one attached hydrogen (secondary N) is 1. The molecule has 1 rings (SSSR count). The minimum Gasteiger partial charge on any atom is -0.375 e. The third-order valence-corrected chi connectivity index (χ3v) is 3.41. The van der Waals surface area contributed by atoms with E-state index in [4.69, 9.17) is 4.74 Å². The summed E-state index contributed by atoms with van der Waals surface area (Å²) in [6.45, 7) is 14.4. The third-order valence-electron chi connectivity index (χ3n) is 3.41. The van der Waals surface area contributed by atoms with Crippen LogP contribution in [0.2, 0.25) is 0 Å². The van der Waals surface area contributed by atoms with E-state index in [2.05, 4.69) is 46.9 Å². The minimum atomic E-state index is 0.375. The predicted molar refractivity (Wildman–Crippen MR) is 65.0 cm³/mol. The highest BCUT2D eigenvalue weighted by atomic mass is 16.5. The Balaban J connectivity index is 2.65. The molecule has 0 amide bonds. The molecule has 1 N–H and O–H groups in total. The average molecular weight is 213 g/mol. The molecule has 1 fully saturated rings. The van der Waals surface area contributed by atoms with Gasteiger partial charge in [0.1, 0.15) is 0 Å². The Kier molecular flexibility index (Phi) is 4.60. The van der Waals surface area contributed by atoms with Crippen molar-refractivity contribution in [3.05, 3.63) is 0 Å². The average Bonchev–Trinajstić information content (AvgIpc) is 2.16. The number of morpholine rings is 1. The van der Waals surface area contributed by atoms with Crippen molar-refractivity contribution >= 4 is 0 Å². The normalized spacial score (nSPS) is 33.0. The van der Waals surface area contributed by atoms with Gasteiger partial charge in [-0.3, -0.25) is 0 Å². The van der Waals surface area contributed by atoms with Crippen LogP contribution in [0.25, 0.3) is 0 Å². The lowest BCUT2D eigenvalue weighted by molar-refractivity contribution is -0.0702. The Morgan fingerprint density at radius 1 is 0.933 bits per heavy atom. The molecular weight excluding hydrogens is 186 g/mol. The van der Waals surface area contributed by atoms with E-state index in [9.17, 15) is 0 Å². The van der Waals surface area contributed by atoms with Gasteiger partial charge in [-0.2, -0.15) is 0 Å². The lowest BCUT2D eigenvalue weighted by Crippen LogP contribution is -2.59. The first-order chi connectivity index (χ1) is 6.93. The summed E-state index contributed by atoms with van der Waals surface area (Å²) in [5.41, 5.74) is 0. The van der Waals surface area contributed by atoms with Crippen LogP contribution in [0.5, 0.6) is 0 Å². The molecule has 3 unspecified atom stereocenters. The number of rotatable bonds is 3. The number of ether oxygens (including phenoxy) is 1. The maximum Gasteiger partial charge on any atom is 0.0754 e. The molecule has 15 heavy (non-hydrogen) atoms. The second-order valence-electron chi connectivity index (χ2n) is 5.83. The summed E-state index contributed by atoms with van der Waals surface area (Å²) in [5.74, 6) is 1.89. The second kappa shape index (κ2) is 5.31. The van der Waals surface area contributed by atoms with Gasteiger partial charge in [-0.15, -0.1) is 0 Å². The highest BCUT2D eigenvalue weighted by molar-refractivity contribution is 4.90. The Morgan fingerprint density at radius 2 is 1.53 bits per heavy atom. The van der Waals surface area contributed by atoms with E-state index in [1.54, 1.807) is 0 Å². The molecule has 0 bridgehead atoms. The standard InChI is InChI=1S/C13H27NO/c1-8(2)11-7-15-13(10(5)6)12(14-11)9(3)4/h8-14H,7H2,1-6H3. The van der Waals surface area contributed by atoms with Crippen molar-refractivity contribution < 1.29 is 4.74 Å². The predicted octanol–water partition coefficient (Wildman–Crippen LogP) is 2.68. The summed E-state index contributed by atoms with van der Waals surface area (Å²) < 4.78 is 6.02. The molecule has 0 aromatic carbocycles. The van der Waals surface area contributed by atoms with Gasteiger partial charge in [0.15, 0.2) is 0 Å². The molecule has 0 spiro atoms. The van der Waals surface area contributed by atoms with Crippen LogP contribution in [0.3, 0.4) is 0 Å². The Hall–Kier alpha value is -0.0800. The summed E-state index contributed by atoms with van der Waals surface area (Å²) >= 11 is 0. The zero-order valence-corrected chi connectivity index (χ0v) is 11.1. The van der Waals surface area contributed by atoms with Gasteiger partial charge in [0.2, 0.25) is 0 Å². The molecule has 1 heterocycles. The fourth-order valence-electron chi connectivity index (χ4n) is 2.27. The molecule has 0 aliphatic carbocycles. The maximum atomic E-state index is 6.02. The largest absolute Gasteiger partial charge is 0.375 e. The van der Waals surface area contributed by atoms with Crippen molar-refractivity contribution in [1.29, 1.82) is 0 Å². The molecule has 1 aliphatic heterocycles. The van der Waals surface area contributed by atoms with Crippen molar-refractivity contribution in [2.75, 3.05) is 6.61 Å². The fourth-order valence-corrected chi connectivity index (χ4v) is 2.27. The SMILES string of the molecule is CC(C)C1COC(C(C)C)C(C(C)C)N1. The van der Waals surface area contributed by atoms with Crippen molar-refractivity contribution in [2.24, 2.45) is 17.8 Å². The van der Waals surface area contributed by atoms with Crippen molar-refractivity contribution in [1.82, 2.24) is 5.32 Å². The van der Waals surface area contributed by atoms with Crippen LogP contribution in [-0.2, 0) is 4.74 Å². The van der Waals surface area contributed by atoms with Crippen LogP contribution >= 0.6 is 0 Å². The molecule has 0 radical (unpaired) electrons. The van der Waals surface area contributed by atoms with Crippen LogP contribution in [0.1, 0.15) is 41.5 Å². The van der Waals surface area contributed by atoms with E-state index in [1.165, 1.54) is 0 Å². The van der Waals surface area contributed by atoms with Gasteiger partial charge in [0.05, 0.1) is 12.7 Å². The molecule has 90 valence electrons. The van der Waals surface area contributed by atoms with Crippen LogP contribution in [0.15, 0.2) is 0 Å². The first kappa shape index (κ1) is 13.0. The van der Waals surface area contributed by atoms with Gasteiger partial charge in [-0.05, 0) is 17.8 Å². The smallest absolute Gasteiger partial charge is 0.0754 e. The maximum absolute atomic E-state index is 6.02. The molecule has 0 aromatic heterocycles. The van der Waals surface area contributed by atoms with Gasteiger partial charge < -0.3 is 10.1 Å². The van der Waals surface area contributed by atoms with Crippen LogP contribution in [0.4, 0.5) is 0 Å². The van der Waals surface area contributed by atoms with Gasteiger partial charge in [-0.25, -0.2) is 0 Å². The molecule has 0 saturated carbocycles. The van der Waals surface area contributed by atoms with E-state index in [0.717, 1.165) is 6.61 Å². The first-order valence-electron chi connectivity index (χ1n) is 6.31. The van der Waals surface area contributed by atoms with Gasteiger partial charge in [-0.1, -0.05) is 41.5 Å². The number of hydrogen-bond acceptors (Lipinski definition) is 2. The molecule has 3 atom stereocenters. The molecule has 1 saturated heterocycles. The number of hydrogen-bond donors (Lipinski definition) is 1. The summed E-state index contributed by atoms with van der Waals surface area (Å²) in [6, 6.07) is 1.03. The van der Waals surface area contributed by atoms with E-state index < -0.39 is 0 Å². The quantitative estimate of drug-likeness (QED) is 0.778. The summed E-state index contributed by atoms with van der Waals surface area (Å²) in [7, 11) is 0. The van der Waals surface area contributed by atoms with E-state index in [1.807, 2.05) is 0 Å². The highest BCUT2D eigenvalue weighted by Gasteiger charge is 2.35. The summed E-state index contributed by atoms with van der Waals surface area (Å²) in [5, 5.41) is 3.76. The lowest BCUT2D eigenvalue weighted by Gasteiger charge is -2.43. The Labute approximate surface area is 94.8 Å². The fraction of sp³-hybridized carbons (Fsp3) is 1.00. The van der Waals surface area contributed by atoms with Gasteiger partial charge >= 0.3 is 0 Å². The molecule has 2 nitrogen and oxygen atoms in total. The van der Waals surface area contributed by atoms with E-state index >= 15 is 0 Å². The van der Waals surface area contributed by atoms with Crippen molar-refractivity contribution in [2.45, 2.75) is 59.7 Å². The summed E-state index contributed by atoms with van der Waals surface area (Å²) in [6.07, 6.45) is 0.375. The highest BCUT2D eigenvalue weighted by Crippen LogP contribution is 2.23. The van der Waals surface area contributed by atoms with Gasteiger partial charge in [0.25, 0.3) is 0 Å². The Bertz CT molecular complexity index is 189. The van der Waals surface area contributed by atoms with E-state index in [-0.39, 0.29) is 0 Å². The van der Waals surface area contributed by atoms with Crippen molar-refractivity contribution in [3.8, 4) is 0 Å². The van der Waals surface area contributed by atoms with E-state index in [0.29, 0.717) is 35.9 Å². The van der Waals surface area contributed by atoms with Crippen LogP contribution < -0.4 is 5.32 Å². The molecule has 0 aromatic rings. The summed E-state index contributed by atoms with van der Waals surface area (Å²) in [4.78, 5) is 0. The third kappa shape index (κ3) is 3.18. The van der Waals surface area contributed by atoms with Gasteiger partial charge in [0, 0.05) is 12.1 Å². The first-order valence-corrected chi connectivity index (χ1v) is 6.31. The Morgan fingerprint density at radius 3 is 1.93 bits per heavy atom. The minimum absolute atomic E-state index is 0.375. The monoisotopic (exact) mass is 213 g/mol.